The van der Waals surface area contributed by atoms with Crippen molar-refractivity contribution in [2.45, 2.75) is 49.9 Å². The molecular formula is C18H26N8O9. The van der Waals surface area contributed by atoms with Gasteiger partial charge in [0, 0.05) is 18.3 Å². The molecule has 0 bridgehead atoms. The number of hydrogen-bond donors (Lipinski definition) is 9. The molecule has 12 N–H and O–H groups in total. The van der Waals surface area contributed by atoms with E-state index in [9.17, 15) is 38.7 Å². The number of nitrogens with two attached hydrogens (primary N) is 3. The minimum absolute atomic E-state index is 0.240. The van der Waals surface area contributed by atoms with Gasteiger partial charge in [-0.05, 0) is 0 Å². The van der Waals surface area contributed by atoms with Gasteiger partial charge in [0.15, 0.2) is 0 Å². The summed E-state index contributed by atoms with van der Waals surface area (Å²) in [5.74, 6) is -8.16. The Hall–Kier alpha value is -4.54. The van der Waals surface area contributed by atoms with E-state index in [1.807, 2.05) is 0 Å². The van der Waals surface area contributed by atoms with Gasteiger partial charge < -0.3 is 48.3 Å². The van der Waals surface area contributed by atoms with Crippen molar-refractivity contribution in [3.8, 4) is 0 Å². The Morgan fingerprint density at radius 1 is 0.829 bits per heavy atom. The Balaban J connectivity index is 3.09. The van der Waals surface area contributed by atoms with Gasteiger partial charge in [-0.15, -0.1) is 0 Å². The molecule has 5 amide bonds. The number of aliphatic carboxylic acids is 2. The zero-order chi connectivity index (χ0) is 26.7. The molecule has 35 heavy (non-hydrogen) atoms. The summed E-state index contributed by atoms with van der Waals surface area (Å²) in [7, 11) is 0. The molecule has 0 saturated heterocycles. The number of imidazole rings is 1. The van der Waals surface area contributed by atoms with Crippen molar-refractivity contribution in [3.63, 3.8) is 0 Å². The molecule has 17 nitrogen and oxygen atoms in total. The zero-order valence-electron chi connectivity index (χ0n) is 18.2. The first kappa shape index (κ1) is 28.5. The second-order valence-corrected chi connectivity index (χ2v) is 7.35. The van der Waals surface area contributed by atoms with E-state index < -0.39 is 84.9 Å². The van der Waals surface area contributed by atoms with Crippen molar-refractivity contribution in [2.75, 3.05) is 0 Å². The maximum atomic E-state index is 12.8. The highest BCUT2D eigenvalue weighted by Crippen LogP contribution is 2.04. The third-order valence-corrected chi connectivity index (χ3v) is 4.40. The number of primary amides is 2. The van der Waals surface area contributed by atoms with Crippen LogP contribution in [0.4, 0.5) is 0 Å². The van der Waals surface area contributed by atoms with Crippen molar-refractivity contribution in [1.82, 2.24) is 25.9 Å². The molecule has 0 saturated carbocycles. The van der Waals surface area contributed by atoms with Crippen LogP contribution >= 0.6 is 0 Å². The minimum atomic E-state index is -1.70. The average Bonchev–Trinajstić information content (AvgIpc) is 3.24. The number of aromatic amines is 1. The van der Waals surface area contributed by atoms with Crippen LogP contribution < -0.4 is 33.2 Å². The fourth-order valence-electron chi connectivity index (χ4n) is 2.74. The number of carbonyl (C=O) groups excluding carboxylic acids is 5. The summed E-state index contributed by atoms with van der Waals surface area (Å²) in [5.41, 5.74) is 15.9. The minimum Gasteiger partial charge on any atom is -0.481 e. The van der Waals surface area contributed by atoms with Crippen molar-refractivity contribution in [3.05, 3.63) is 18.2 Å². The number of amides is 5. The normalized spacial score (nSPS) is 14.0. The van der Waals surface area contributed by atoms with Crippen LogP contribution in [0.15, 0.2) is 12.5 Å². The van der Waals surface area contributed by atoms with Gasteiger partial charge >= 0.3 is 11.9 Å². The highest BCUT2D eigenvalue weighted by atomic mass is 16.4. The molecule has 1 rings (SSSR count). The smallest absolute Gasteiger partial charge is 0.326 e. The molecule has 0 aliphatic rings. The maximum absolute atomic E-state index is 12.8. The largest absolute Gasteiger partial charge is 0.481 e. The SMILES string of the molecule is NC(=O)CC(NC(=O)C(Cc1cnc[nH]1)NC(=O)C(CC(N)=O)NC(=O)C(N)CC(=O)O)C(=O)O. The number of carbonyl (C=O) groups is 7. The summed E-state index contributed by atoms with van der Waals surface area (Å²) >= 11 is 0. The summed E-state index contributed by atoms with van der Waals surface area (Å²) in [6.07, 6.45) is 0.133. The molecule has 1 aromatic rings. The van der Waals surface area contributed by atoms with E-state index in [-0.39, 0.29) is 6.42 Å². The van der Waals surface area contributed by atoms with E-state index >= 15 is 0 Å². The molecule has 0 aliphatic carbocycles. The molecule has 0 aromatic carbocycles. The Kier molecular flexibility index (Phi) is 10.8. The number of rotatable bonds is 15. The number of H-pyrrole nitrogens is 1. The lowest BCUT2D eigenvalue weighted by Gasteiger charge is -2.24. The van der Waals surface area contributed by atoms with Gasteiger partial charge in [0.1, 0.15) is 18.1 Å². The van der Waals surface area contributed by atoms with Gasteiger partial charge in [-0.1, -0.05) is 0 Å². The fourth-order valence-corrected chi connectivity index (χ4v) is 2.74. The Bertz CT molecular complexity index is 965. The first-order chi connectivity index (χ1) is 16.3. The van der Waals surface area contributed by atoms with Crippen LogP contribution in [0.25, 0.3) is 0 Å². The summed E-state index contributed by atoms with van der Waals surface area (Å²) in [6, 6.07) is -6.36. The lowest BCUT2D eigenvalue weighted by Crippen LogP contribution is -2.58. The van der Waals surface area contributed by atoms with Crippen molar-refractivity contribution in [1.29, 1.82) is 0 Å². The monoisotopic (exact) mass is 498 g/mol. The summed E-state index contributed by atoms with van der Waals surface area (Å²) in [5, 5.41) is 24.4. The fraction of sp³-hybridized carbons (Fsp3) is 0.444. The summed E-state index contributed by atoms with van der Waals surface area (Å²) < 4.78 is 0. The molecule has 0 aliphatic heterocycles. The number of nitrogens with one attached hydrogen (secondary N) is 4. The molecular weight excluding hydrogens is 472 g/mol. The number of carboxylic acid groups (broad SMARTS) is 2. The first-order valence-electron chi connectivity index (χ1n) is 9.95. The number of hydrogen-bond acceptors (Lipinski definition) is 9. The molecule has 0 radical (unpaired) electrons. The second-order valence-electron chi connectivity index (χ2n) is 7.35. The average molecular weight is 498 g/mol. The molecule has 4 unspecified atom stereocenters. The van der Waals surface area contributed by atoms with E-state index in [1.54, 1.807) is 0 Å². The van der Waals surface area contributed by atoms with E-state index in [0.29, 0.717) is 5.69 Å². The number of carboxylic acids is 2. The van der Waals surface area contributed by atoms with Crippen LogP contribution in [0.1, 0.15) is 25.0 Å². The van der Waals surface area contributed by atoms with Crippen LogP contribution in [-0.2, 0) is 40.0 Å². The van der Waals surface area contributed by atoms with Crippen LogP contribution in [0.3, 0.4) is 0 Å². The van der Waals surface area contributed by atoms with Gasteiger partial charge in [-0.25, -0.2) is 9.78 Å². The summed E-state index contributed by atoms with van der Waals surface area (Å²) in [6.45, 7) is 0. The Morgan fingerprint density at radius 3 is 1.83 bits per heavy atom. The second kappa shape index (κ2) is 13.2. The van der Waals surface area contributed by atoms with Crippen molar-refractivity contribution < 1.29 is 43.8 Å². The van der Waals surface area contributed by atoms with Crippen LogP contribution in [0, 0.1) is 0 Å². The predicted molar refractivity (Wildman–Crippen MR) is 114 cm³/mol. The molecule has 4 atom stereocenters. The molecule has 1 heterocycles. The van der Waals surface area contributed by atoms with Gasteiger partial charge in [-0.3, -0.25) is 28.8 Å². The summed E-state index contributed by atoms with van der Waals surface area (Å²) in [4.78, 5) is 88.8. The van der Waals surface area contributed by atoms with Gasteiger partial charge in [0.25, 0.3) is 0 Å². The highest BCUT2D eigenvalue weighted by molar-refractivity contribution is 5.97. The van der Waals surface area contributed by atoms with E-state index in [2.05, 4.69) is 25.9 Å². The topological polar surface area (TPSA) is 303 Å². The third-order valence-electron chi connectivity index (χ3n) is 4.40. The Labute approximate surface area is 197 Å². The molecule has 0 spiro atoms. The third kappa shape index (κ3) is 10.3. The zero-order valence-corrected chi connectivity index (χ0v) is 18.2. The lowest BCUT2D eigenvalue weighted by atomic mass is 10.1. The van der Waals surface area contributed by atoms with E-state index in [0.717, 1.165) is 0 Å². The van der Waals surface area contributed by atoms with Crippen LogP contribution in [0.5, 0.6) is 0 Å². The Morgan fingerprint density at radius 2 is 1.34 bits per heavy atom. The van der Waals surface area contributed by atoms with Crippen molar-refractivity contribution >= 4 is 41.5 Å². The quantitative estimate of drug-likeness (QED) is 0.110. The molecule has 17 heteroatoms. The molecule has 1 aromatic heterocycles. The van der Waals surface area contributed by atoms with Crippen molar-refractivity contribution in [2.24, 2.45) is 17.2 Å². The standard InChI is InChI=1S/C18H26N8O9/c19-8(2-14(29)30)15(31)24-10(3-12(20)27)17(33)25-9(1-7-5-22-6-23-7)16(32)26-11(18(34)35)4-13(21)28/h5-6,8-11H,1-4,19H2,(H2,20,27)(H2,21,28)(H,22,23)(H,24,31)(H,25,33)(H,26,32)(H,29,30)(H,34,35). The molecule has 0 fully saturated rings. The first-order valence-corrected chi connectivity index (χ1v) is 9.95. The van der Waals surface area contributed by atoms with Gasteiger partial charge in [0.05, 0.1) is 31.6 Å². The van der Waals surface area contributed by atoms with E-state index in [1.165, 1.54) is 12.5 Å². The van der Waals surface area contributed by atoms with E-state index in [4.69, 9.17) is 22.3 Å². The van der Waals surface area contributed by atoms with Gasteiger partial charge in [-0.2, -0.15) is 0 Å². The van der Waals surface area contributed by atoms with Crippen LogP contribution in [0.2, 0.25) is 0 Å². The number of aromatic nitrogens is 2. The molecule has 192 valence electrons. The van der Waals surface area contributed by atoms with Crippen LogP contribution in [-0.4, -0.2) is 85.8 Å². The maximum Gasteiger partial charge on any atom is 0.326 e. The lowest BCUT2D eigenvalue weighted by molar-refractivity contribution is -0.143. The predicted octanol–water partition coefficient (Wildman–Crippen LogP) is -4.96. The highest BCUT2D eigenvalue weighted by Gasteiger charge is 2.32. The number of nitrogens with zero attached hydrogens (tertiary/aromatic N) is 1. The van der Waals surface area contributed by atoms with Gasteiger partial charge in [0.2, 0.25) is 29.5 Å².